The Hall–Kier alpha value is -1.08. The minimum Gasteiger partial charge on any atom is -0.341 e. The third-order valence-corrected chi connectivity index (χ3v) is 5.86. The maximum Gasteiger partial charge on any atom is 0.243 e. The van der Waals surface area contributed by atoms with Crippen molar-refractivity contribution in [3.05, 3.63) is 28.7 Å². The number of para-hydroxylation sites is 1. The van der Waals surface area contributed by atoms with Crippen molar-refractivity contribution < 1.29 is 13.2 Å². The van der Waals surface area contributed by atoms with Crippen LogP contribution in [-0.2, 0) is 14.8 Å². The number of rotatable bonds is 5. The quantitative estimate of drug-likeness (QED) is 0.778. The highest BCUT2D eigenvalue weighted by Crippen LogP contribution is 2.28. The molecule has 0 spiro atoms. The monoisotopic (exact) mass is 388 g/mol. The molecule has 0 atom stereocenters. The summed E-state index contributed by atoms with van der Waals surface area (Å²) in [5.41, 5.74) is 0.484. The number of amides is 1. The van der Waals surface area contributed by atoms with Gasteiger partial charge in [-0.15, -0.1) is 0 Å². The number of carbonyl (C=O) groups excluding carboxylic acids is 1. The van der Waals surface area contributed by atoms with E-state index < -0.39 is 10.0 Å². The molecule has 122 valence electrons. The van der Waals surface area contributed by atoms with Gasteiger partial charge in [0.25, 0.3) is 0 Å². The maximum atomic E-state index is 12.5. The third-order valence-electron chi connectivity index (χ3n) is 4.07. The fraction of sp³-hybridized carbons (Fsp3) is 0.533. The Bertz CT molecular complexity index is 642. The van der Waals surface area contributed by atoms with E-state index in [9.17, 15) is 13.2 Å². The summed E-state index contributed by atoms with van der Waals surface area (Å²) in [6.07, 6.45) is 5.37. The number of nitrogens with zero attached hydrogens (tertiary/aromatic N) is 2. The molecule has 0 aromatic heterocycles. The number of likely N-dealkylation sites (N-methyl/N-ethyl adjacent to an activating group) is 1. The zero-order valence-electron chi connectivity index (χ0n) is 12.8. The summed E-state index contributed by atoms with van der Waals surface area (Å²) in [6.45, 7) is -0.172. The van der Waals surface area contributed by atoms with Gasteiger partial charge in [-0.2, -0.15) is 0 Å². The molecule has 1 fully saturated rings. The van der Waals surface area contributed by atoms with Crippen molar-refractivity contribution in [1.82, 2.24) is 4.90 Å². The van der Waals surface area contributed by atoms with Crippen molar-refractivity contribution in [2.45, 2.75) is 31.7 Å². The molecule has 0 radical (unpaired) electrons. The first-order chi connectivity index (χ1) is 10.3. The lowest BCUT2D eigenvalue weighted by Gasteiger charge is -2.29. The highest BCUT2D eigenvalue weighted by Gasteiger charge is 2.28. The Morgan fingerprint density at radius 1 is 1.27 bits per heavy atom. The first kappa shape index (κ1) is 17.3. The van der Waals surface area contributed by atoms with Gasteiger partial charge in [-0.25, -0.2) is 8.42 Å². The summed E-state index contributed by atoms with van der Waals surface area (Å²) >= 11 is 3.35. The second-order valence-electron chi connectivity index (χ2n) is 5.66. The Morgan fingerprint density at radius 3 is 2.41 bits per heavy atom. The van der Waals surface area contributed by atoms with E-state index in [1.807, 2.05) is 0 Å². The Balaban J connectivity index is 2.21. The molecule has 2 rings (SSSR count). The Labute approximate surface area is 140 Å². The lowest BCUT2D eigenvalue weighted by molar-refractivity contribution is -0.130. The molecule has 22 heavy (non-hydrogen) atoms. The Kier molecular flexibility index (Phi) is 5.50. The average Bonchev–Trinajstić information content (AvgIpc) is 2.97. The van der Waals surface area contributed by atoms with E-state index in [1.165, 1.54) is 0 Å². The molecule has 0 unspecified atom stereocenters. The normalized spacial score (nSPS) is 15.8. The molecule has 0 aliphatic heterocycles. The van der Waals surface area contributed by atoms with Crippen LogP contribution < -0.4 is 4.31 Å². The van der Waals surface area contributed by atoms with E-state index in [0.717, 1.165) is 36.2 Å². The third kappa shape index (κ3) is 4.01. The lowest BCUT2D eigenvalue weighted by Crippen LogP contribution is -2.44. The van der Waals surface area contributed by atoms with E-state index in [2.05, 4.69) is 15.9 Å². The molecule has 1 aliphatic carbocycles. The van der Waals surface area contributed by atoms with Crippen LogP contribution in [-0.4, -0.2) is 45.1 Å². The molecule has 0 saturated heterocycles. The van der Waals surface area contributed by atoms with Gasteiger partial charge < -0.3 is 4.90 Å². The number of hydrogen-bond donors (Lipinski definition) is 0. The summed E-state index contributed by atoms with van der Waals surface area (Å²) < 4.78 is 26.0. The molecule has 1 aliphatic rings. The average molecular weight is 389 g/mol. The summed E-state index contributed by atoms with van der Waals surface area (Å²) in [6, 6.07) is 7.24. The van der Waals surface area contributed by atoms with Gasteiger partial charge in [0.2, 0.25) is 15.9 Å². The van der Waals surface area contributed by atoms with Crippen molar-refractivity contribution >= 4 is 37.5 Å². The summed E-state index contributed by atoms with van der Waals surface area (Å²) in [5, 5.41) is 0. The molecule has 5 nitrogen and oxygen atoms in total. The molecule has 0 N–H and O–H groups in total. The molecule has 1 amide bonds. The standard InChI is InChI=1S/C15H21BrN2O3S/c1-17(12-7-3-4-8-12)15(19)11-18(22(2,20)21)14-10-6-5-9-13(14)16/h5-6,9-10,12H,3-4,7-8,11H2,1-2H3. The van der Waals surface area contributed by atoms with Crippen LogP contribution in [0.4, 0.5) is 5.69 Å². The summed E-state index contributed by atoms with van der Waals surface area (Å²) in [5.74, 6) is -0.173. The van der Waals surface area contributed by atoms with Crippen LogP contribution >= 0.6 is 15.9 Å². The van der Waals surface area contributed by atoms with Gasteiger partial charge in [-0.3, -0.25) is 9.10 Å². The topological polar surface area (TPSA) is 57.7 Å². The van der Waals surface area contributed by atoms with Crippen molar-refractivity contribution in [2.75, 3.05) is 24.2 Å². The highest BCUT2D eigenvalue weighted by molar-refractivity contribution is 9.10. The van der Waals surface area contributed by atoms with E-state index in [4.69, 9.17) is 0 Å². The first-order valence-corrected chi connectivity index (χ1v) is 9.92. The number of halogens is 1. The van der Waals surface area contributed by atoms with E-state index in [-0.39, 0.29) is 18.5 Å². The molecule has 1 aromatic carbocycles. The summed E-state index contributed by atoms with van der Waals surface area (Å²) in [7, 11) is -1.77. The van der Waals surface area contributed by atoms with Crippen molar-refractivity contribution in [1.29, 1.82) is 0 Å². The van der Waals surface area contributed by atoms with Gasteiger partial charge in [0.15, 0.2) is 0 Å². The molecular weight excluding hydrogens is 368 g/mol. The van der Waals surface area contributed by atoms with Crippen LogP contribution in [0.1, 0.15) is 25.7 Å². The van der Waals surface area contributed by atoms with Crippen LogP contribution in [0.25, 0.3) is 0 Å². The predicted molar refractivity (Wildman–Crippen MR) is 91.4 cm³/mol. The summed E-state index contributed by atoms with van der Waals surface area (Å²) in [4.78, 5) is 14.2. The van der Waals surface area contributed by atoms with Gasteiger partial charge in [0.1, 0.15) is 6.54 Å². The van der Waals surface area contributed by atoms with Gasteiger partial charge in [0.05, 0.1) is 11.9 Å². The molecular formula is C15H21BrN2O3S. The molecule has 1 aromatic rings. The number of carbonyl (C=O) groups is 1. The molecule has 0 bridgehead atoms. The fourth-order valence-electron chi connectivity index (χ4n) is 2.76. The highest BCUT2D eigenvalue weighted by atomic mass is 79.9. The van der Waals surface area contributed by atoms with E-state index in [1.54, 1.807) is 36.2 Å². The zero-order chi connectivity index (χ0) is 16.3. The number of sulfonamides is 1. The largest absolute Gasteiger partial charge is 0.341 e. The second-order valence-corrected chi connectivity index (χ2v) is 8.43. The van der Waals surface area contributed by atoms with Gasteiger partial charge in [-0.05, 0) is 40.9 Å². The van der Waals surface area contributed by atoms with Gasteiger partial charge in [-0.1, -0.05) is 25.0 Å². The molecule has 7 heteroatoms. The van der Waals surface area contributed by atoms with Crippen molar-refractivity contribution in [3.63, 3.8) is 0 Å². The fourth-order valence-corrected chi connectivity index (χ4v) is 4.24. The molecule has 0 heterocycles. The van der Waals surface area contributed by atoms with Crippen molar-refractivity contribution in [3.8, 4) is 0 Å². The number of benzene rings is 1. The Morgan fingerprint density at radius 2 is 1.86 bits per heavy atom. The zero-order valence-corrected chi connectivity index (χ0v) is 15.2. The minimum absolute atomic E-state index is 0.172. The van der Waals surface area contributed by atoms with E-state index >= 15 is 0 Å². The minimum atomic E-state index is -3.54. The van der Waals surface area contributed by atoms with Gasteiger partial charge in [0, 0.05) is 17.6 Å². The maximum absolute atomic E-state index is 12.5. The van der Waals surface area contributed by atoms with E-state index in [0.29, 0.717) is 10.2 Å². The van der Waals surface area contributed by atoms with Crippen LogP contribution in [0, 0.1) is 0 Å². The molecule has 1 saturated carbocycles. The van der Waals surface area contributed by atoms with Crippen LogP contribution in [0.3, 0.4) is 0 Å². The lowest BCUT2D eigenvalue weighted by atomic mass is 10.2. The predicted octanol–water partition coefficient (Wildman–Crippen LogP) is 2.62. The van der Waals surface area contributed by atoms with Crippen molar-refractivity contribution in [2.24, 2.45) is 0 Å². The van der Waals surface area contributed by atoms with Crippen LogP contribution in [0.15, 0.2) is 28.7 Å². The van der Waals surface area contributed by atoms with Crippen LogP contribution in [0.5, 0.6) is 0 Å². The smallest absolute Gasteiger partial charge is 0.243 e. The van der Waals surface area contributed by atoms with Crippen LogP contribution in [0.2, 0.25) is 0 Å². The van der Waals surface area contributed by atoms with Gasteiger partial charge >= 0.3 is 0 Å². The number of hydrogen-bond acceptors (Lipinski definition) is 3. The second kappa shape index (κ2) is 7.00. The number of anilines is 1. The first-order valence-electron chi connectivity index (χ1n) is 7.28. The SMILES string of the molecule is CN(C(=O)CN(c1ccccc1Br)S(C)(=O)=O)C1CCCC1.